The monoisotopic (exact) mass is 884 g/mol. The number of phenols is 1. The molecular weight excluding hydrogens is 821 g/mol. The first-order chi connectivity index (χ1) is 31.2. The van der Waals surface area contributed by atoms with Crippen LogP contribution in [0, 0.1) is 5.92 Å². The van der Waals surface area contributed by atoms with Gasteiger partial charge in [0.25, 0.3) is 0 Å². The molecule has 9 nitrogen and oxygen atoms in total. The van der Waals surface area contributed by atoms with Crippen molar-refractivity contribution in [3.8, 4) is 27.7 Å². The first kappa shape index (κ1) is 49.2. The van der Waals surface area contributed by atoms with Gasteiger partial charge in [0.1, 0.15) is 29.9 Å². The minimum absolute atomic E-state index is 0.112. The number of thiophene rings is 1. The summed E-state index contributed by atoms with van der Waals surface area (Å²) < 4.78 is 17.9. The number of nitrogens with one attached hydrogen (secondary N) is 1. The Labute approximate surface area is 383 Å². The van der Waals surface area contributed by atoms with E-state index in [2.05, 4.69) is 77.9 Å². The summed E-state index contributed by atoms with van der Waals surface area (Å²) in [6.45, 7) is 10.5. The van der Waals surface area contributed by atoms with Crippen molar-refractivity contribution >= 4 is 39.1 Å². The molecular formula is C54H64N2O7S. The Bertz CT molecular complexity index is 2260. The molecule has 4 aromatic rings. The van der Waals surface area contributed by atoms with Crippen molar-refractivity contribution in [3.05, 3.63) is 151 Å². The Morgan fingerprint density at radius 3 is 1.94 bits per heavy atom. The second-order valence-electron chi connectivity index (χ2n) is 15.8. The van der Waals surface area contributed by atoms with Gasteiger partial charge in [-0.1, -0.05) is 93.7 Å². The lowest BCUT2D eigenvalue weighted by Gasteiger charge is -2.26. The summed E-state index contributed by atoms with van der Waals surface area (Å²) in [6, 6.07) is 18.4. The maximum Gasteiger partial charge on any atom is 0.334 e. The van der Waals surface area contributed by atoms with Gasteiger partial charge in [0, 0.05) is 52.1 Å². The minimum atomic E-state index is -0.821. The molecule has 1 amide bonds. The van der Waals surface area contributed by atoms with Crippen LogP contribution < -0.4 is 14.8 Å². The van der Waals surface area contributed by atoms with Crippen molar-refractivity contribution in [1.29, 1.82) is 0 Å². The van der Waals surface area contributed by atoms with Gasteiger partial charge in [0.05, 0.1) is 13.2 Å². The highest BCUT2D eigenvalue weighted by Gasteiger charge is 2.27. The lowest BCUT2D eigenvalue weighted by atomic mass is 9.97. The molecule has 0 aliphatic carbocycles. The molecule has 0 bridgehead atoms. The predicted octanol–water partition coefficient (Wildman–Crippen LogP) is 11.7. The summed E-state index contributed by atoms with van der Waals surface area (Å²) in [5.74, 6) is 0.00860. The molecule has 2 heterocycles. The number of ketones is 1. The molecule has 1 aliphatic heterocycles. The number of benzene rings is 3. The molecule has 0 spiro atoms. The lowest BCUT2D eigenvalue weighted by molar-refractivity contribution is -0.140. The molecule has 64 heavy (non-hydrogen) atoms. The zero-order chi connectivity index (χ0) is 45.4. The molecule has 3 aromatic carbocycles. The number of aromatic hydroxyl groups is 1. The molecule has 0 radical (unpaired) electrons. The summed E-state index contributed by atoms with van der Waals surface area (Å²) in [5, 5.41) is 13.9. The topological polar surface area (TPSA) is 114 Å². The van der Waals surface area contributed by atoms with Gasteiger partial charge < -0.3 is 24.6 Å². The number of morpholine rings is 1. The van der Waals surface area contributed by atoms with Gasteiger partial charge in [0.2, 0.25) is 5.91 Å². The van der Waals surface area contributed by atoms with E-state index in [1.54, 1.807) is 42.5 Å². The maximum absolute atomic E-state index is 14.2. The SMILES string of the molecule is CC/C=C\C/C=C\C/C=C\C/C=C\C/C=C\C/C=C\CCC(=O)NC(C(=O)Oc1ccc(-c2sc3cc(O)ccc3c2C(=O)c2ccc(OCCN3CCOCC3)cc2)cc1)C(C)C. The first-order valence-electron chi connectivity index (χ1n) is 22.6. The van der Waals surface area contributed by atoms with Gasteiger partial charge in [-0.15, -0.1) is 11.3 Å². The molecule has 2 N–H and O–H groups in total. The van der Waals surface area contributed by atoms with Crippen molar-refractivity contribution < 1.29 is 33.7 Å². The number of allylic oxidation sites excluding steroid dienone is 12. The number of carbonyl (C=O) groups is 3. The first-order valence-corrected chi connectivity index (χ1v) is 23.4. The van der Waals surface area contributed by atoms with E-state index in [1.807, 2.05) is 50.3 Å². The smallest absolute Gasteiger partial charge is 0.334 e. The van der Waals surface area contributed by atoms with Gasteiger partial charge >= 0.3 is 5.97 Å². The third-order valence-electron chi connectivity index (χ3n) is 10.5. The third kappa shape index (κ3) is 16.4. The van der Waals surface area contributed by atoms with Crippen molar-refractivity contribution in [2.45, 2.75) is 78.2 Å². The van der Waals surface area contributed by atoms with E-state index in [0.29, 0.717) is 35.7 Å². The fraction of sp³-hybridized carbons (Fsp3) is 0.352. The molecule has 1 saturated heterocycles. The second kappa shape index (κ2) is 27.4. The van der Waals surface area contributed by atoms with Crippen LogP contribution in [0.15, 0.2) is 140 Å². The average Bonchev–Trinajstić information content (AvgIpc) is 3.68. The van der Waals surface area contributed by atoms with Crippen LogP contribution in [-0.2, 0) is 14.3 Å². The molecule has 5 rings (SSSR count). The third-order valence-corrected chi connectivity index (χ3v) is 11.7. The minimum Gasteiger partial charge on any atom is -0.508 e. The van der Waals surface area contributed by atoms with Crippen LogP contribution in [0.4, 0.5) is 0 Å². The molecule has 1 aromatic heterocycles. The molecule has 10 heteroatoms. The number of phenolic OH excluding ortho intramolecular Hbond substituents is 1. The molecule has 1 fully saturated rings. The fourth-order valence-corrected chi connectivity index (χ4v) is 8.17. The van der Waals surface area contributed by atoms with Crippen molar-refractivity contribution in [2.75, 3.05) is 39.5 Å². The zero-order valence-electron chi connectivity index (χ0n) is 37.6. The largest absolute Gasteiger partial charge is 0.508 e. The highest BCUT2D eigenvalue weighted by Crippen LogP contribution is 2.41. The number of fused-ring (bicyclic) bond motifs is 1. The van der Waals surface area contributed by atoms with E-state index in [4.69, 9.17) is 14.2 Å². The standard InChI is InChI=1S/C54H64N2O7S/c1-4-5-6-7-8-9-10-11-12-13-14-15-16-17-18-19-20-21-22-23-49(58)55-51(41(2)3)54(60)63-46-31-26-43(27-32-46)53-50(47-33-28-44(57)40-48(47)64-53)52(59)42-24-29-45(30-25-42)62-39-36-56-34-37-61-38-35-56/h5-6,8-9,11-12,14-15,17-18,20-21,24-33,40-41,51,57H,4,7,10,13,16,19,22-23,34-39H2,1-3H3,(H,55,58)/b6-5-,9-8-,12-11-,15-14-,18-17-,21-20-. The van der Waals surface area contributed by atoms with E-state index in [1.165, 1.54) is 11.3 Å². The van der Waals surface area contributed by atoms with Gasteiger partial charge in [-0.25, -0.2) is 4.79 Å². The zero-order valence-corrected chi connectivity index (χ0v) is 38.4. The van der Waals surface area contributed by atoms with Crippen LogP contribution in [-0.4, -0.2) is 73.2 Å². The highest BCUT2D eigenvalue weighted by atomic mass is 32.1. The predicted molar refractivity (Wildman–Crippen MR) is 261 cm³/mol. The number of esters is 1. The van der Waals surface area contributed by atoms with Crippen molar-refractivity contribution in [2.24, 2.45) is 5.92 Å². The Morgan fingerprint density at radius 1 is 0.766 bits per heavy atom. The Kier molecular flexibility index (Phi) is 21.1. The number of hydrogen-bond donors (Lipinski definition) is 2. The average molecular weight is 885 g/mol. The summed E-state index contributed by atoms with van der Waals surface area (Å²) in [6.07, 6.45) is 32.2. The van der Waals surface area contributed by atoms with Crippen molar-refractivity contribution in [1.82, 2.24) is 10.2 Å². The normalized spacial score (nSPS) is 14.4. The van der Waals surface area contributed by atoms with Crippen LogP contribution in [0.1, 0.15) is 88.1 Å². The summed E-state index contributed by atoms with van der Waals surface area (Å²) in [4.78, 5) is 43.4. The molecule has 1 atom stereocenters. The Hall–Kier alpha value is -5.81. The number of nitrogens with zero attached hydrogens (tertiary/aromatic N) is 1. The Balaban J connectivity index is 1.08. The number of rotatable bonds is 25. The van der Waals surface area contributed by atoms with Crippen LogP contribution in [0.3, 0.4) is 0 Å². The highest BCUT2D eigenvalue weighted by molar-refractivity contribution is 7.22. The Morgan fingerprint density at radius 2 is 1.34 bits per heavy atom. The van der Waals surface area contributed by atoms with Gasteiger partial charge in [-0.2, -0.15) is 0 Å². The number of carbonyl (C=O) groups excluding carboxylic acids is 3. The van der Waals surface area contributed by atoms with E-state index >= 15 is 0 Å². The molecule has 338 valence electrons. The van der Waals surface area contributed by atoms with Gasteiger partial charge in [-0.05, 0) is 123 Å². The lowest BCUT2D eigenvalue weighted by Crippen LogP contribution is -2.46. The molecule has 1 unspecified atom stereocenters. The summed E-state index contributed by atoms with van der Waals surface area (Å²) in [5.41, 5.74) is 1.80. The fourth-order valence-electron chi connectivity index (χ4n) is 6.93. The number of amides is 1. The summed E-state index contributed by atoms with van der Waals surface area (Å²) >= 11 is 1.41. The van der Waals surface area contributed by atoms with E-state index in [-0.39, 0.29) is 29.8 Å². The second-order valence-corrected chi connectivity index (χ2v) is 16.9. The number of ether oxygens (including phenoxy) is 3. The van der Waals surface area contributed by atoms with E-state index < -0.39 is 12.0 Å². The molecule has 1 aliphatic rings. The van der Waals surface area contributed by atoms with Crippen LogP contribution in [0.5, 0.6) is 17.2 Å². The number of hydrogen-bond acceptors (Lipinski definition) is 9. The molecule has 0 saturated carbocycles. The maximum atomic E-state index is 14.2. The van der Waals surface area contributed by atoms with Gasteiger partial charge in [-0.3, -0.25) is 14.5 Å². The van der Waals surface area contributed by atoms with E-state index in [9.17, 15) is 19.5 Å². The van der Waals surface area contributed by atoms with Crippen molar-refractivity contribution in [3.63, 3.8) is 0 Å². The summed E-state index contributed by atoms with van der Waals surface area (Å²) in [7, 11) is 0. The van der Waals surface area contributed by atoms with Crippen LogP contribution >= 0.6 is 11.3 Å². The van der Waals surface area contributed by atoms with Crippen LogP contribution in [0.25, 0.3) is 20.5 Å². The van der Waals surface area contributed by atoms with Crippen LogP contribution in [0.2, 0.25) is 0 Å². The van der Waals surface area contributed by atoms with Gasteiger partial charge in [0.15, 0.2) is 5.78 Å². The quantitative estimate of drug-likeness (QED) is 0.0293. The van der Waals surface area contributed by atoms with E-state index in [0.717, 1.165) is 91.9 Å².